The highest BCUT2D eigenvalue weighted by atomic mass is 16.5. The molecular weight excluding hydrogens is 334 g/mol. The first kappa shape index (κ1) is 22.2. The zero-order chi connectivity index (χ0) is 19.4. The summed E-state index contributed by atoms with van der Waals surface area (Å²) < 4.78 is 0. The van der Waals surface area contributed by atoms with E-state index in [9.17, 15) is 14.4 Å². The van der Waals surface area contributed by atoms with Crippen molar-refractivity contribution < 1.29 is 19.6 Å². The lowest BCUT2D eigenvalue weighted by atomic mass is 9.95. The Morgan fingerprint density at radius 1 is 1.31 bits per heavy atom. The van der Waals surface area contributed by atoms with Crippen LogP contribution in [0.3, 0.4) is 0 Å². The summed E-state index contributed by atoms with van der Waals surface area (Å²) in [5, 5.41) is 11.6. The Morgan fingerprint density at radius 2 is 2.00 bits per heavy atom. The van der Waals surface area contributed by atoms with Crippen molar-refractivity contribution in [3.8, 4) is 0 Å². The van der Waals surface area contributed by atoms with E-state index in [4.69, 9.17) is 5.21 Å². The van der Waals surface area contributed by atoms with Gasteiger partial charge in [0.25, 0.3) is 0 Å². The van der Waals surface area contributed by atoms with E-state index in [2.05, 4.69) is 17.5 Å². The van der Waals surface area contributed by atoms with E-state index in [1.165, 1.54) is 0 Å². The molecule has 2 unspecified atom stereocenters. The second kappa shape index (κ2) is 12.5. The third-order valence-electron chi connectivity index (χ3n) is 4.72. The maximum atomic E-state index is 12.7. The molecule has 0 aromatic carbocycles. The van der Waals surface area contributed by atoms with Crippen LogP contribution in [0, 0.1) is 5.92 Å². The van der Waals surface area contributed by atoms with Crippen LogP contribution in [0.15, 0.2) is 12.2 Å². The molecule has 0 radical (unpaired) electrons. The molecule has 0 aromatic heterocycles. The summed E-state index contributed by atoms with van der Waals surface area (Å²) in [4.78, 5) is 38.6. The molecule has 0 spiro atoms. The monoisotopic (exact) mass is 367 g/mol. The van der Waals surface area contributed by atoms with E-state index in [1.807, 2.05) is 6.92 Å². The molecular formula is C19H33N3O4. The Bertz CT molecular complexity index is 493. The molecule has 1 aliphatic rings. The number of carbonyl (C=O) groups excluding carboxylic acids is 3. The molecule has 26 heavy (non-hydrogen) atoms. The fourth-order valence-corrected chi connectivity index (χ4v) is 3.09. The number of carbonyl (C=O) groups is 3. The summed E-state index contributed by atoms with van der Waals surface area (Å²) >= 11 is 0. The van der Waals surface area contributed by atoms with Crippen LogP contribution in [0.2, 0.25) is 0 Å². The van der Waals surface area contributed by atoms with Crippen LogP contribution < -0.4 is 10.8 Å². The van der Waals surface area contributed by atoms with Crippen molar-refractivity contribution >= 4 is 17.7 Å². The van der Waals surface area contributed by atoms with Gasteiger partial charge < -0.3 is 10.2 Å². The van der Waals surface area contributed by atoms with Crippen molar-refractivity contribution in [2.24, 2.45) is 5.92 Å². The number of likely N-dealkylation sites (N-methyl/N-ethyl adjacent to an activating group) is 1. The molecule has 7 heteroatoms. The lowest BCUT2D eigenvalue weighted by Gasteiger charge is -2.26. The molecule has 1 aliphatic heterocycles. The van der Waals surface area contributed by atoms with Gasteiger partial charge in [0.15, 0.2) is 0 Å². The maximum Gasteiger partial charge on any atom is 0.244 e. The van der Waals surface area contributed by atoms with E-state index in [-0.39, 0.29) is 18.2 Å². The van der Waals surface area contributed by atoms with Gasteiger partial charge in [-0.1, -0.05) is 31.9 Å². The number of nitrogens with one attached hydrogen (secondary N) is 2. The van der Waals surface area contributed by atoms with Gasteiger partial charge in [-0.3, -0.25) is 19.6 Å². The molecule has 2 atom stereocenters. The third-order valence-corrected chi connectivity index (χ3v) is 4.72. The van der Waals surface area contributed by atoms with Gasteiger partial charge in [0.2, 0.25) is 17.7 Å². The lowest BCUT2D eigenvalue weighted by molar-refractivity contribution is -0.138. The van der Waals surface area contributed by atoms with Crippen LogP contribution in [0.25, 0.3) is 0 Å². The topological polar surface area (TPSA) is 98.7 Å². The lowest BCUT2D eigenvalue weighted by Crippen LogP contribution is -2.49. The first-order chi connectivity index (χ1) is 12.5. The fourth-order valence-electron chi connectivity index (χ4n) is 3.09. The SMILES string of the molecule is CCCCC1NC(=O)C(CC(=O)NO)CCCC=CCCCN(C)C1=O. The van der Waals surface area contributed by atoms with Gasteiger partial charge in [0.1, 0.15) is 6.04 Å². The van der Waals surface area contributed by atoms with Crippen molar-refractivity contribution in [1.29, 1.82) is 0 Å². The van der Waals surface area contributed by atoms with Crippen molar-refractivity contribution in [2.75, 3.05) is 13.6 Å². The summed E-state index contributed by atoms with van der Waals surface area (Å²) in [5.41, 5.74) is 1.59. The third kappa shape index (κ3) is 7.99. The van der Waals surface area contributed by atoms with Crippen LogP contribution in [0.1, 0.15) is 64.7 Å². The minimum Gasteiger partial charge on any atom is -0.344 e. The standard InChI is InChI=1S/C19H33N3O4/c1-3-4-12-16-19(25)22(2)13-10-8-6-5-7-9-11-15(18(24)20-16)14-17(23)21-26/h5-6,15-16,26H,3-4,7-14H2,1-2H3,(H,20,24)(H,21,23). The smallest absolute Gasteiger partial charge is 0.244 e. The van der Waals surface area contributed by atoms with Crippen molar-refractivity contribution in [3.05, 3.63) is 12.2 Å². The van der Waals surface area contributed by atoms with Crippen molar-refractivity contribution in [1.82, 2.24) is 15.7 Å². The number of unbranched alkanes of at least 4 members (excludes halogenated alkanes) is 1. The van der Waals surface area contributed by atoms with Crippen LogP contribution in [0.4, 0.5) is 0 Å². The molecule has 0 bridgehead atoms. The quantitative estimate of drug-likeness (QED) is 0.394. The average Bonchev–Trinajstić information content (AvgIpc) is 2.64. The highest BCUT2D eigenvalue weighted by Crippen LogP contribution is 2.16. The Labute approximate surface area is 156 Å². The van der Waals surface area contributed by atoms with Gasteiger partial charge in [-0.05, 0) is 38.5 Å². The first-order valence-corrected chi connectivity index (χ1v) is 9.62. The predicted molar refractivity (Wildman–Crippen MR) is 99.4 cm³/mol. The normalized spacial score (nSPS) is 23.3. The molecule has 148 valence electrons. The van der Waals surface area contributed by atoms with Gasteiger partial charge in [0, 0.05) is 25.9 Å². The van der Waals surface area contributed by atoms with Crippen LogP contribution in [0.5, 0.6) is 0 Å². The molecule has 0 aromatic rings. The average molecular weight is 367 g/mol. The van der Waals surface area contributed by atoms with E-state index in [0.29, 0.717) is 19.4 Å². The molecule has 0 aliphatic carbocycles. The summed E-state index contributed by atoms with van der Waals surface area (Å²) in [6, 6.07) is -0.564. The summed E-state index contributed by atoms with van der Waals surface area (Å²) in [6.07, 6.45) is 10.4. The van der Waals surface area contributed by atoms with Gasteiger partial charge in [-0.25, -0.2) is 5.48 Å². The molecule has 1 heterocycles. The zero-order valence-corrected chi connectivity index (χ0v) is 16.0. The number of rotatable bonds is 5. The zero-order valence-electron chi connectivity index (χ0n) is 16.0. The molecule has 3 N–H and O–H groups in total. The number of hydrogen-bond acceptors (Lipinski definition) is 4. The highest BCUT2D eigenvalue weighted by Gasteiger charge is 2.28. The van der Waals surface area contributed by atoms with E-state index >= 15 is 0 Å². The van der Waals surface area contributed by atoms with Crippen LogP contribution >= 0.6 is 0 Å². The number of hydrogen-bond donors (Lipinski definition) is 3. The van der Waals surface area contributed by atoms with E-state index < -0.39 is 17.9 Å². The molecule has 0 saturated carbocycles. The van der Waals surface area contributed by atoms with Crippen molar-refractivity contribution in [3.63, 3.8) is 0 Å². The largest absolute Gasteiger partial charge is 0.344 e. The number of hydroxylamine groups is 1. The number of allylic oxidation sites excluding steroid dienone is 2. The minimum absolute atomic E-state index is 0.0850. The molecule has 3 amide bonds. The van der Waals surface area contributed by atoms with E-state index in [1.54, 1.807) is 17.4 Å². The fraction of sp³-hybridized carbons (Fsp3) is 0.737. The number of nitrogens with zero attached hydrogens (tertiary/aromatic N) is 1. The van der Waals surface area contributed by atoms with E-state index in [0.717, 1.165) is 38.5 Å². The summed E-state index contributed by atoms with van der Waals surface area (Å²) in [5.74, 6) is -1.52. The maximum absolute atomic E-state index is 12.7. The molecule has 7 nitrogen and oxygen atoms in total. The van der Waals surface area contributed by atoms with Crippen molar-refractivity contribution in [2.45, 2.75) is 70.8 Å². The van der Waals surface area contributed by atoms with Gasteiger partial charge >= 0.3 is 0 Å². The Balaban J connectivity index is 2.92. The highest BCUT2D eigenvalue weighted by molar-refractivity contribution is 5.90. The summed E-state index contributed by atoms with van der Waals surface area (Å²) in [7, 11) is 1.76. The second-order valence-corrected chi connectivity index (χ2v) is 6.94. The second-order valence-electron chi connectivity index (χ2n) is 6.94. The van der Waals surface area contributed by atoms with Gasteiger partial charge in [0.05, 0.1) is 0 Å². The Kier molecular flexibility index (Phi) is 10.6. The van der Waals surface area contributed by atoms with Crippen LogP contribution in [-0.2, 0) is 14.4 Å². The molecule has 0 saturated heterocycles. The summed E-state index contributed by atoms with van der Waals surface area (Å²) in [6.45, 7) is 2.69. The Morgan fingerprint density at radius 3 is 2.65 bits per heavy atom. The predicted octanol–water partition coefficient (Wildman–Crippen LogP) is 2.15. The minimum atomic E-state index is -0.588. The molecule has 0 fully saturated rings. The Hall–Kier alpha value is -1.89. The van der Waals surface area contributed by atoms with Crippen LogP contribution in [-0.4, -0.2) is 47.5 Å². The number of amides is 3. The van der Waals surface area contributed by atoms with Gasteiger partial charge in [-0.15, -0.1) is 0 Å². The van der Waals surface area contributed by atoms with Gasteiger partial charge in [-0.2, -0.15) is 0 Å². The first-order valence-electron chi connectivity index (χ1n) is 9.62. The molecule has 1 rings (SSSR count).